The van der Waals surface area contributed by atoms with Crippen molar-refractivity contribution in [1.82, 2.24) is 4.90 Å². The Labute approximate surface area is 213 Å². The molecule has 0 aliphatic heterocycles. The van der Waals surface area contributed by atoms with E-state index in [9.17, 15) is 14.0 Å². The van der Waals surface area contributed by atoms with Crippen molar-refractivity contribution in [1.29, 1.82) is 0 Å². The molecule has 0 aliphatic rings. The first-order valence-corrected chi connectivity index (χ1v) is 12.5. The number of halogens is 1. The topological polar surface area (TPSA) is 52.7 Å². The predicted octanol–water partition coefficient (Wildman–Crippen LogP) is 6.46. The molecule has 6 heteroatoms. The highest BCUT2D eigenvalue weighted by Crippen LogP contribution is 2.29. The molecule has 0 saturated heterocycles. The Kier molecular flexibility index (Phi) is 9.23. The molecule has 36 heavy (non-hydrogen) atoms. The van der Waals surface area contributed by atoms with Crippen LogP contribution in [0.5, 0.6) is 0 Å². The molecule has 0 heterocycles. The number of rotatable bonds is 10. The van der Waals surface area contributed by atoms with Crippen molar-refractivity contribution < 1.29 is 14.0 Å². The van der Waals surface area contributed by atoms with Crippen LogP contribution >= 0.6 is 0 Å². The summed E-state index contributed by atoms with van der Waals surface area (Å²) in [6.45, 7) is 6.60. The summed E-state index contributed by atoms with van der Waals surface area (Å²) in [7, 11) is 3.91. The maximum atomic E-state index is 13.8. The van der Waals surface area contributed by atoms with Crippen LogP contribution in [0, 0.1) is 5.82 Å². The molecule has 3 rings (SSSR count). The molecule has 0 unspecified atom stereocenters. The van der Waals surface area contributed by atoms with Crippen LogP contribution in [0.4, 0.5) is 15.8 Å². The molecular weight excluding hydrogens is 453 g/mol. The minimum atomic E-state index is -0.460. The number of nitrogens with one attached hydrogen (secondary N) is 1. The quantitative estimate of drug-likeness (QED) is 0.355. The van der Waals surface area contributed by atoms with E-state index in [0.717, 1.165) is 23.2 Å². The third-order valence-corrected chi connectivity index (χ3v) is 6.56. The first-order valence-electron chi connectivity index (χ1n) is 12.5. The fraction of sp³-hybridized carbons (Fsp3) is 0.333. The second-order valence-corrected chi connectivity index (χ2v) is 9.30. The molecule has 0 aromatic heterocycles. The van der Waals surface area contributed by atoms with Crippen LogP contribution in [0.25, 0.3) is 0 Å². The standard InChI is InChI=1S/C30H36FN3O2/c1-6-21(3)34(30(36)27(7-2)22-12-9-8-10-13-22)20-24-19-26(16-17-28(24)33(4)5)32-29(35)23-14-11-15-25(31)18-23/h8-19,21,27H,6-7,20H2,1-5H3,(H,32,35)/t21-,27+/m1/s1. The number of carbonyl (C=O) groups is 2. The van der Waals surface area contributed by atoms with Gasteiger partial charge in [-0.15, -0.1) is 0 Å². The van der Waals surface area contributed by atoms with Gasteiger partial charge in [-0.2, -0.15) is 0 Å². The highest BCUT2D eigenvalue weighted by atomic mass is 19.1. The minimum absolute atomic E-state index is 0.0378. The van der Waals surface area contributed by atoms with Crippen molar-refractivity contribution >= 4 is 23.2 Å². The van der Waals surface area contributed by atoms with Crippen molar-refractivity contribution in [3.05, 3.63) is 95.3 Å². The van der Waals surface area contributed by atoms with Gasteiger partial charge in [-0.05, 0) is 67.3 Å². The van der Waals surface area contributed by atoms with E-state index in [1.54, 1.807) is 6.07 Å². The van der Waals surface area contributed by atoms with E-state index in [1.807, 2.05) is 79.3 Å². The third kappa shape index (κ3) is 6.51. The van der Waals surface area contributed by atoms with Crippen LogP contribution in [0.3, 0.4) is 0 Å². The van der Waals surface area contributed by atoms with Crippen molar-refractivity contribution in [2.45, 2.75) is 52.1 Å². The average molecular weight is 490 g/mol. The first kappa shape index (κ1) is 26.9. The van der Waals surface area contributed by atoms with Gasteiger partial charge in [0.15, 0.2) is 0 Å². The summed E-state index contributed by atoms with van der Waals surface area (Å²) < 4.78 is 13.6. The summed E-state index contributed by atoms with van der Waals surface area (Å²) in [4.78, 5) is 30.5. The zero-order valence-corrected chi connectivity index (χ0v) is 21.8. The first-order chi connectivity index (χ1) is 17.2. The van der Waals surface area contributed by atoms with Crippen molar-refractivity contribution in [3.8, 4) is 0 Å². The fourth-order valence-corrected chi connectivity index (χ4v) is 4.35. The predicted molar refractivity (Wildman–Crippen MR) is 145 cm³/mol. The van der Waals surface area contributed by atoms with Gasteiger partial charge in [0.1, 0.15) is 5.82 Å². The van der Waals surface area contributed by atoms with E-state index in [4.69, 9.17) is 0 Å². The van der Waals surface area contributed by atoms with Crippen molar-refractivity contribution in [3.63, 3.8) is 0 Å². The van der Waals surface area contributed by atoms with Crippen molar-refractivity contribution in [2.75, 3.05) is 24.3 Å². The lowest BCUT2D eigenvalue weighted by molar-refractivity contribution is -0.135. The zero-order valence-electron chi connectivity index (χ0n) is 21.8. The highest BCUT2D eigenvalue weighted by molar-refractivity contribution is 6.04. The number of amides is 2. The maximum Gasteiger partial charge on any atom is 0.255 e. The zero-order chi connectivity index (χ0) is 26.2. The summed E-state index contributed by atoms with van der Waals surface area (Å²) in [5.74, 6) is -0.975. The van der Waals surface area contributed by atoms with Gasteiger partial charge >= 0.3 is 0 Å². The number of carbonyl (C=O) groups excluding carboxylic acids is 2. The highest BCUT2D eigenvalue weighted by Gasteiger charge is 2.28. The SMILES string of the molecule is CC[C@H](C(=O)N(Cc1cc(NC(=O)c2cccc(F)c2)ccc1N(C)C)[C@H](C)CC)c1ccccc1. The van der Waals surface area contributed by atoms with Crippen molar-refractivity contribution in [2.24, 2.45) is 0 Å². The molecule has 2 atom stereocenters. The van der Waals surface area contributed by atoms with E-state index in [-0.39, 0.29) is 29.3 Å². The second kappa shape index (κ2) is 12.3. The van der Waals surface area contributed by atoms with Gasteiger partial charge in [0.25, 0.3) is 5.91 Å². The minimum Gasteiger partial charge on any atom is -0.377 e. The fourth-order valence-electron chi connectivity index (χ4n) is 4.35. The molecule has 0 fully saturated rings. The van der Waals surface area contributed by atoms with E-state index >= 15 is 0 Å². The summed E-state index contributed by atoms with van der Waals surface area (Å²) in [6.07, 6.45) is 1.53. The molecule has 2 amide bonds. The number of benzene rings is 3. The van der Waals surface area contributed by atoms with Crippen LogP contribution in [0.2, 0.25) is 0 Å². The molecule has 0 saturated carbocycles. The Morgan fingerprint density at radius 1 is 0.917 bits per heavy atom. The van der Waals surface area contributed by atoms with Gasteiger partial charge < -0.3 is 15.1 Å². The van der Waals surface area contributed by atoms with Crippen LogP contribution in [-0.4, -0.2) is 36.9 Å². The lowest BCUT2D eigenvalue weighted by atomic mass is 9.94. The number of anilines is 2. The number of hydrogen-bond donors (Lipinski definition) is 1. The molecule has 0 aliphatic carbocycles. The number of nitrogens with zero attached hydrogens (tertiary/aromatic N) is 2. The van der Waals surface area contributed by atoms with Crippen LogP contribution < -0.4 is 10.2 Å². The Morgan fingerprint density at radius 2 is 1.64 bits per heavy atom. The summed E-state index contributed by atoms with van der Waals surface area (Å²) in [6, 6.07) is 21.2. The average Bonchev–Trinajstić information content (AvgIpc) is 2.87. The Bertz CT molecular complexity index is 1180. The normalized spacial score (nSPS) is 12.5. The molecule has 0 radical (unpaired) electrons. The smallest absolute Gasteiger partial charge is 0.255 e. The van der Waals surface area contributed by atoms with Crippen LogP contribution in [0.15, 0.2) is 72.8 Å². The van der Waals surface area contributed by atoms with Gasteiger partial charge in [0.05, 0.1) is 5.92 Å². The van der Waals surface area contributed by atoms with Gasteiger partial charge in [-0.1, -0.05) is 50.2 Å². The van der Waals surface area contributed by atoms with Gasteiger partial charge in [0.2, 0.25) is 5.91 Å². The Hall–Kier alpha value is -3.67. The Balaban J connectivity index is 1.93. The molecule has 5 nitrogen and oxygen atoms in total. The monoisotopic (exact) mass is 489 g/mol. The third-order valence-electron chi connectivity index (χ3n) is 6.56. The van der Waals surface area contributed by atoms with E-state index in [1.165, 1.54) is 18.2 Å². The van der Waals surface area contributed by atoms with Gasteiger partial charge in [0, 0.05) is 43.6 Å². The van der Waals surface area contributed by atoms with Gasteiger partial charge in [-0.25, -0.2) is 4.39 Å². The molecular formula is C30H36FN3O2. The summed E-state index contributed by atoms with van der Waals surface area (Å²) >= 11 is 0. The molecule has 3 aromatic carbocycles. The van der Waals surface area contributed by atoms with E-state index < -0.39 is 5.82 Å². The van der Waals surface area contributed by atoms with Crippen LogP contribution in [-0.2, 0) is 11.3 Å². The largest absolute Gasteiger partial charge is 0.377 e. The lowest BCUT2D eigenvalue weighted by Gasteiger charge is -2.33. The summed E-state index contributed by atoms with van der Waals surface area (Å²) in [5.41, 5.74) is 3.75. The second-order valence-electron chi connectivity index (χ2n) is 9.30. The lowest BCUT2D eigenvalue weighted by Crippen LogP contribution is -2.41. The van der Waals surface area contributed by atoms with Gasteiger partial charge in [-0.3, -0.25) is 9.59 Å². The molecule has 1 N–H and O–H groups in total. The number of hydrogen-bond acceptors (Lipinski definition) is 3. The molecule has 0 spiro atoms. The summed E-state index contributed by atoms with van der Waals surface area (Å²) in [5, 5.41) is 2.87. The Morgan fingerprint density at radius 3 is 2.25 bits per heavy atom. The molecule has 0 bridgehead atoms. The van der Waals surface area contributed by atoms with Crippen LogP contribution in [0.1, 0.15) is 61.0 Å². The maximum absolute atomic E-state index is 13.8. The van der Waals surface area contributed by atoms with E-state index in [0.29, 0.717) is 18.7 Å². The molecule has 190 valence electrons. The van der Waals surface area contributed by atoms with E-state index in [2.05, 4.69) is 19.2 Å². The molecule has 3 aromatic rings.